The number of aliphatic imine (C=N–C) groups is 1. The molecule has 2 N–H and O–H groups in total. The van der Waals surface area contributed by atoms with Gasteiger partial charge in [-0.3, -0.25) is 4.99 Å². The Morgan fingerprint density at radius 3 is 2.85 bits per heavy atom. The number of hydrogen-bond donors (Lipinski definition) is 2. The van der Waals surface area contributed by atoms with E-state index in [1.165, 1.54) is 0 Å². The van der Waals surface area contributed by atoms with E-state index in [2.05, 4.69) is 32.3 Å². The van der Waals surface area contributed by atoms with Crippen LogP contribution in [0.1, 0.15) is 43.5 Å². The number of rotatable bonds is 10. The van der Waals surface area contributed by atoms with E-state index in [4.69, 9.17) is 9.26 Å². The molecule has 2 rings (SSSR count). The maximum atomic E-state index is 5.68. The first kappa shape index (κ1) is 20.5. The van der Waals surface area contributed by atoms with E-state index in [-0.39, 0.29) is 5.92 Å². The number of benzene rings is 1. The first-order chi connectivity index (χ1) is 13.1. The van der Waals surface area contributed by atoms with Crippen molar-refractivity contribution < 1.29 is 9.26 Å². The number of aromatic nitrogens is 2. The van der Waals surface area contributed by atoms with Gasteiger partial charge in [0.15, 0.2) is 11.8 Å². The summed E-state index contributed by atoms with van der Waals surface area (Å²) in [6.07, 6.45) is 3.35. The van der Waals surface area contributed by atoms with Crippen molar-refractivity contribution in [2.24, 2.45) is 4.99 Å². The number of nitrogens with one attached hydrogen (secondary N) is 2. The smallest absolute Gasteiger partial charge is 0.226 e. The molecule has 7 heteroatoms. The molecule has 0 fully saturated rings. The zero-order valence-electron chi connectivity index (χ0n) is 16.4. The van der Waals surface area contributed by atoms with Crippen LogP contribution in [0.2, 0.25) is 0 Å². The summed E-state index contributed by atoms with van der Waals surface area (Å²) in [5.74, 6) is 3.30. The molecule has 1 aromatic heterocycles. The van der Waals surface area contributed by atoms with Gasteiger partial charge in [-0.2, -0.15) is 4.98 Å². The first-order valence-corrected chi connectivity index (χ1v) is 9.22. The molecule has 0 aliphatic carbocycles. The van der Waals surface area contributed by atoms with E-state index in [1.54, 1.807) is 13.1 Å². The summed E-state index contributed by atoms with van der Waals surface area (Å²) in [4.78, 5) is 8.64. The zero-order chi connectivity index (χ0) is 19.5. The van der Waals surface area contributed by atoms with Crippen molar-refractivity contribution in [3.8, 4) is 5.75 Å². The molecule has 0 saturated carbocycles. The van der Waals surface area contributed by atoms with Gasteiger partial charge in [-0.05, 0) is 12.5 Å². The van der Waals surface area contributed by atoms with E-state index < -0.39 is 0 Å². The maximum Gasteiger partial charge on any atom is 0.226 e. The lowest BCUT2D eigenvalue weighted by atomic mass is 10.2. The van der Waals surface area contributed by atoms with Crippen LogP contribution in [0, 0.1) is 0 Å². The second-order valence-corrected chi connectivity index (χ2v) is 6.36. The van der Waals surface area contributed by atoms with Crippen molar-refractivity contribution in [2.45, 2.75) is 39.2 Å². The van der Waals surface area contributed by atoms with Crippen molar-refractivity contribution in [2.75, 3.05) is 20.2 Å². The summed E-state index contributed by atoms with van der Waals surface area (Å²) in [7, 11) is 1.75. The number of guanidine groups is 1. The second kappa shape index (κ2) is 11.0. The number of para-hydroxylation sites is 1. The minimum absolute atomic E-state index is 0.280. The quantitative estimate of drug-likeness (QED) is 0.289. The molecule has 1 heterocycles. The summed E-state index contributed by atoms with van der Waals surface area (Å²) in [5, 5.41) is 10.6. The third kappa shape index (κ3) is 6.77. The minimum Gasteiger partial charge on any atom is -0.489 e. The number of nitrogens with zero attached hydrogens (tertiary/aromatic N) is 3. The molecule has 0 saturated heterocycles. The average molecular weight is 371 g/mol. The number of hydrogen-bond acceptors (Lipinski definition) is 5. The molecule has 0 bridgehead atoms. The molecule has 7 nitrogen and oxygen atoms in total. The lowest BCUT2D eigenvalue weighted by molar-refractivity contribution is 0.358. The molecule has 0 aliphatic heterocycles. The van der Waals surface area contributed by atoms with Gasteiger partial charge in [0.1, 0.15) is 12.4 Å². The second-order valence-electron chi connectivity index (χ2n) is 6.36. The Morgan fingerprint density at radius 1 is 1.33 bits per heavy atom. The molecule has 0 aliphatic rings. The van der Waals surface area contributed by atoms with E-state index in [0.29, 0.717) is 19.0 Å². The topological polar surface area (TPSA) is 84.6 Å². The largest absolute Gasteiger partial charge is 0.489 e. The standard InChI is InChI=1S/C20H29N5O2/c1-5-13-26-17-10-7-6-9-16(17)14-23-20(21-4)22-12-8-11-18-24-19(15(2)3)25-27-18/h5-7,9-10,15H,1,8,11-14H2,2-4H3,(H2,21,22,23). The maximum absolute atomic E-state index is 5.68. The Kier molecular flexibility index (Phi) is 8.35. The predicted molar refractivity (Wildman–Crippen MR) is 107 cm³/mol. The highest BCUT2D eigenvalue weighted by molar-refractivity contribution is 5.79. The average Bonchev–Trinajstić information content (AvgIpc) is 3.16. The third-order valence-electron chi connectivity index (χ3n) is 3.86. The molecule has 0 radical (unpaired) electrons. The fourth-order valence-electron chi connectivity index (χ4n) is 2.39. The molecule has 27 heavy (non-hydrogen) atoms. The fourth-order valence-corrected chi connectivity index (χ4v) is 2.39. The van der Waals surface area contributed by atoms with E-state index in [9.17, 15) is 0 Å². The van der Waals surface area contributed by atoms with Gasteiger partial charge in [0.05, 0.1) is 0 Å². The van der Waals surface area contributed by atoms with Crippen LogP contribution >= 0.6 is 0 Å². The van der Waals surface area contributed by atoms with Crippen molar-refractivity contribution in [3.63, 3.8) is 0 Å². The molecule has 0 amide bonds. The van der Waals surface area contributed by atoms with Crippen molar-refractivity contribution in [3.05, 3.63) is 54.2 Å². The summed E-state index contributed by atoms with van der Waals surface area (Å²) < 4.78 is 10.9. The van der Waals surface area contributed by atoms with E-state index >= 15 is 0 Å². The molecule has 1 aromatic carbocycles. The summed E-state index contributed by atoms with van der Waals surface area (Å²) >= 11 is 0. The van der Waals surface area contributed by atoms with E-state index in [0.717, 1.165) is 42.5 Å². The highest BCUT2D eigenvalue weighted by atomic mass is 16.5. The van der Waals surface area contributed by atoms with Crippen LogP contribution < -0.4 is 15.4 Å². The lowest BCUT2D eigenvalue weighted by Gasteiger charge is -2.14. The Hall–Kier alpha value is -2.83. The minimum atomic E-state index is 0.280. The Morgan fingerprint density at radius 2 is 2.15 bits per heavy atom. The van der Waals surface area contributed by atoms with Gasteiger partial charge in [-0.25, -0.2) is 0 Å². The molecular weight excluding hydrogens is 342 g/mol. The number of aryl methyl sites for hydroxylation is 1. The first-order valence-electron chi connectivity index (χ1n) is 9.22. The molecule has 0 spiro atoms. The predicted octanol–water partition coefficient (Wildman–Crippen LogP) is 3.06. The van der Waals surface area contributed by atoms with Crippen LogP contribution in [0.3, 0.4) is 0 Å². The van der Waals surface area contributed by atoms with Crippen LogP contribution in [0.4, 0.5) is 0 Å². The van der Waals surface area contributed by atoms with Crippen LogP contribution in [0.15, 0.2) is 46.4 Å². The van der Waals surface area contributed by atoms with E-state index in [1.807, 2.05) is 38.1 Å². The molecule has 0 unspecified atom stereocenters. The van der Waals surface area contributed by atoms with Gasteiger partial charge < -0.3 is 19.9 Å². The van der Waals surface area contributed by atoms with Gasteiger partial charge in [0.2, 0.25) is 5.89 Å². The van der Waals surface area contributed by atoms with Gasteiger partial charge in [-0.1, -0.05) is 49.9 Å². The Balaban J connectivity index is 1.75. The number of ether oxygens (including phenoxy) is 1. The van der Waals surface area contributed by atoms with Crippen molar-refractivity contribution in [1.29, 1.82) is 0 Å². The van der Waals surface area contributed by atoms with Gasteiger partial charge in [0.25, 0.3) is 0 Å². The zero-order valence-corrected chi connectivity index (χ0v) is 16.4. The molecule has 0 atom stereocenters. The summed E-state index contributed by atoms with van der Waals surface area (Å²) in [6.45, 7) is 9.64. The SMILES string of the molecule is C=CCOc1ccccc1CNC(=NC)NCCCc1nc(C(C)C)no1. The highest BCUT2D eigenvalue weighted by Gasteiger charge is 2.09. The van der Waals surface area contributed by atoms with Gasteiger partial charge >= 0.3 is 0 Å². The Labute approximate surface area is 160 Å². The highest BCUT2D eigenvalue weighted by Crippen LogP contribution is 2.17. The summed E-state index contributed by atoms with van der Waals surface area (Å²) in [5.41, 5.74) is 1.06. The van der Waals surface area contributed by atoms with Gasteiger partial charge in [0, 0.05) is 38.0 Å². The normalized spacial score (nSPS) is 11.5. The summed E-state index contributed by atoms with van der Waals surface area (Å²) in [6, 6.07) is 7.92. The van der Waals surface area contributed by atoms with Crippen LogP contribution in [-0.4, -0.2) is 36.3 Å². The molecule has 146 valence electrons. The van der Waals surface area contributed by atoms with Crippen molar-refractivity contribution >= 4 is 5.96 Å². The Bertz CT molecular complexity index is 739. The van der Waals surface area contributed by atoms with Crippen LogP contribution in [-0.2, 0) is 13.0 Å². The lowest BCUT2D eigenvalue weighted by Crippen LogP contribution is -2.37. The fraction of sp³-hybridized carbons (Fsp3) is 0.450. The van der Waals surface area contributed by atoms with Crippen molar-refractivity contribution in [1.82, 2.24) is 20.8 Å². The van der Waals surface area contributed by atoms with Crippen LogP contribution in [0.25, 0.3) is 0 Å². The monoisotopic (exact) mass is 371 g/mol. The molecule has 2 aromatic rings. The molecular formula is C20H29N5O2. The van der Waals surface area contributed by atoms with Crippen LogP contribution in [0.5, 0.6) is 5.75 Å². The van der Waals surface area contributed by atoms with Gasteiger partial charge in [-0.15, -0.1) is 0 Å². The third-order valence-corrected chi connectivity index (χ3v) is 3.86.